The first kappa shape index (κ1) is 10.4. The van der Waals surface area contributed by atoms with Crippen molar-refractivity contribution in [1.29, 1.82) is 0 Å². The Morgan fingerprint density at radius 3 is 2.73 bits per heavy atom. The third-order valence-electron chi connectivity index (χ3n) is 1.84. The fourth-order valence-electron chi connectivity index (χ4n) is 1.21. The third kappa shape index (κ3) is 2.27. The fourth-order valence-corrected chi connectivity index (χ4v) is 2.21. The standard InChI is InChI=1S/C10H9ClN2OS/c1-6-5-7(13-10(12-6)14-2)8-3-4-9(11)15-8/h3-5H,1-2H3. The average Bonchev–Trinajstić information content (AvgIpc) is 2.64. The van der Waals surface area contributed by atoms with E-state index in [1.165, 1.54) is 11.3 Å². The number of thiophene rings is 1. The molecule has 5 heteroatoms. The zero-order valence-corrected chi connectivity index (χ0v) is 9.89. The number of hydrogen-bond donors (Lipinski definition) is 0. The Morgan fingerprint density at radius 1 is 1.33 bits per heavy atom. The number of methoxy groups -OCH3 is 1. The summed E-state index contributed by atoms with van der Waals surface area (Å²) in [7, 11) is 1.56. The van der Waals surface area contributed by atoms with Crippen molar-refractivity contribution in [3.8, 4) is 16.6 Å². The summed E-state index contributed by atoms with van der Waals surface area (Å²) in [5.41, 5.74) is 1.72. The molecule has 2 heterocycles. The maximum Gasteiger partial charge on any atom is 0.316 e. The number of nitrogens with zero attached hydrogens (tertiary/aromatic N) is 2. The van der Waals surface area contributed by atoms with Gasteiger partial charge in [0.25, 0.3) is 0 Å². The molecular formula is C10H9ClN2OS. The predicted molar refractivity (Wildman–Crippen MR) is 61.6 cm³/mol. The minimum absolute atomic E-state index is 0.384. The molecule has 2 rings (SSSR count). The van der Waals surface area contributed by atoms with Crippen LogP contribution < -0.4 is 4.74 Å². The molecule has 0 bridgehead atoms. The highest BCUT2D eigenvalue weighted by Crippen LogP contribution is 2.30. The number of ether oxygens (including phenoxy) is 1. The lowest BCUT2D eigenvalue weighted by atomic mass is 10.3. The number of rotatable bonds is 2. The Labute approximate surface area is 96.7 Å². The van der Waals surface area contributed by atoms with Gasteiger partial charge in [0.1, 0.15) is 0 Å². The van der Waals surface area contributed by atoms with E-state index >= 15 is 0 Å². The second-order valence-electron chi connectivity index (χ2n) is 2.99. The van der Waals surface area contributed by atoms with Gasteiger partial charge in [-0.3, -0.25) is 0 Å². The van der Waals surface area contributed by atoms with Crippen molar-refractivity contribution >= 4 is 22.9 Å². The monoisotopic (exact) mass is 240 g/mol. The minimum Gasteiger partial charge on any atom is -0.467 e. The summed E-state index contributed by atoms with van der Waals surface area (Å²) in [6.45, 7) is 1.91. The molecule has 0 unspecified atom stereocenters. The maximum atomic E-state index is 5.87. The number of aryl methyl sites for hydroxylation is 1. The van der Waals surface area contributed by atoms with Gasteiger partial charge >= 0.3 is 6.01 Å². The summed E-state index contributed by atoms with van der Waals surface area (Å²) in [6.07, 6.45) is 0. The summed E-state index contributed by atoms with van der Waals surface area (Å²) in [5, 5.41) is 0. The predicted octanol–water partition coefficient (Wildman–Crippen LogP) is 3.18. The van der Waals surface area contributed by atoms with E-state index < -0.39 is 0 Å². The van der Waals surface area contributed by atoms with Crippen LogP contribution in [0.2, 0.25) is 4.34 Å². The van der Waals surface area contributed by atoms with E-state index in [1.54, 1.807) is 7.11 Å². The number of halogens is 1. The summed E-state index contributed by atoms with van der Waals surface area (Å²) in [6, 6.07) is 6.08. The van der Waals surface area contributed by atoms with Crippen LogP contribution in [-0.4, -0.2) is 17.1 Å². The van der Waals surface area contributed by atoms with Gasteiger partial charge in [0.05, 0.1) is 22.0 Å². The first-order valence-corrected chi connectivity index (χ1v) is 5.54. The molecule has 2 aromatic heterocycles. The van der Waals surface area contributed by atoms with Crippen molar-refractivity contribution in [3.05, 3.63) is 28.2 Å². The average molecular weight is 241 g/mol. The molecule has 0 aliphatic rings. The zero-order valence-electron chi connectivity index (χ0n) is 8.32. The van der Waals surface area contributed by atoms with E-state index in [-0.39, 0.29) is 0 Å². The molecule has 0 fully saturated rings. The Bertz CT molecular complexity index is 484. The second-order valence-corrected chi connectivity index (χ2v) is 4.70. The first-order chi connectivity index (χ1) is 7.19. The summed E-state index contributed by atoms with van der Waals surface area (Å²) in [5.74, 6) is 0. The highest BCUT2D eigenvalue weighted by atomic mass is 35.5. The zero-order chi connectivity index (χ0) is 10.8. The Kier molecular flexibility index (Phi) is 2.88. The maximum absolute atomic E-state index is 5.87. The van der Waals surface area contributed by atoms with E-state index in [1.807, 2.05) is 25.1 Å². The van der Waals surface area contributed by atoms with Crippen molar-refractivity contribution in [1.82, 2.24) is 9.97 Å². The lowest BCUT2D eigenvalue weighted by molar-refractivity contribution is 0.379. The molecular weight excluding hydrogens is 232 g/mol. The molecule has 0 spiro atoms. The molecule has 2 aromatic rings. The SMILES string of the molecule is COc1nc(C)cc(-c2ccc(Cl)s2)n1. The van der Waals surface area contributed by atoms with Gasteiger partial charge in [-0.25, -0.2) is 4.98 Å². The van der Waals surface area contributed by atoms with Gasteiger partial charge in [-0.1, -0.05) is 11.6 Å². The van der Waals surface area contributed by atoms with Crippen LogP contribution >= 0.6 is 22.9 Å². The van der Waals surface area contributed by atoms with Crippen molar-refractivity contribution < 1.29 is 4.74 Å². The molecule has 78 valence electrons. The Morgan fingerprint density at radius 2 is 2.13 bits per heavy atom. The van der Waals surface area contributed by atoms with Crippen LogP contribution in [0.1, 0.15) is 5.69 Å². The quantitative estimate of drug-likeness (QED) is 0.809. The largest absolute Gasteiger partial charge is 0.467 e. The van der Waals surface area contributed by atoms with Crippen LogP contribution in [0.15, 0.2) is 18.2 Å². The van der Waals surface area contributed by atoms with E-state index in [4.69, 9.17) is 16.3 Å². The van der Waals surface area contributed by atoms with Crippen LogP contribution in [-0.2, 0) is 0 Å². The molecule has 0 atom stereocenters. The van der Waals surface area contributed by atoms with Crippen LogP contribution in [0.3, 0.4) is 0 Å². The molecule has 0 aromatic carbocycles. The molecule has 0 aliphatic heterocycles. The van der Waals surface area contributed by atoms with Crippen LogP contribution in [0, 0.1) is 6.92 Å². The number of hydrogen-bond acceptors (Lipinski definition) is 4. The van der Waals surface area contributed by atoms with E-state index in [9.17, 15) is 0 Å². The van der Waals surface area contributed by atoms with Crippen molar-refractivity contribution in [2.45, 2.75) is 6.92 Å². The summed E-state index contributed by atoms with van der Waals surface area (Å²) in [4.78, 5) is 9.39. The first-order valence-electron chi connectivity index (χ1n) is 4.34. The normalized spacial score (nSPS) is 10.3. The molecule has 0 saturated heterocycles. The van der Waals surface area contributed by atoms with Gasteiger partial charge in [0, 0.05) is 5.69 Å². The highest BCUT2D eigenvalue weighted by Gasteiger charge is 2.06. The fraction of sp³-hybridized carbons (Fsp3) is 0.200. The molecule has 0 radical (unpaired) electrons. The molecule has 0 aliphatic carbocycles. The van der Waals surface area contributed by atoms with Gasteiger partial charge in [0.2, 0.25) is 0 Å². The molecule has 0 saturated carbocycles. The minimum atomic E-state index is 0.384. The van der Waals surface area contributed by atoms with Crippen LogP contribution in [0.5, 0.6) is 6.01 Å². The van der Waals surface area contributed by atoms with Crippen molar-refractivity contribution in [2.24, 2.45) is 0 Å². The van der Waals surface area contributed by atoms with E-state index in [0.29, 0.717) is 6.01 Å². The summed E-state index contributed by atoms with van der Waals surface area (Å²) >= 11 is 7.36. The third-order valence-corrected chi connectivity index (χ3v) is 3.10. The molecule has 0 amide bonds. The lowest BCUT2D eigenvalue weighted by Crippen LogP contribution is -1.95. The van der Waals surface area contributed by atoms with Gasteiger partial charge < -0.3 is 4.74 Å². The van der Waals surface area contributed by atoms with Gasteiger partial charge in [-0.15, -0.1) is 11.3 Å². The van der Waals surface area contributed by atoms with Crippen molar-refractivity contribution in [2.75, 3.05) is 7.11 Å². The molecule has 3 nitrogen and oxygen atoms in total. The van der Waals surface area contributed by atoms with Gasteiger partial charge in [0.15, 0.2) is 0 Å². The van der Waals surface area contributed by atoms with Crippen LogP contribution in [0.4, 0.5) is 0 Å². The smallest absolute Gasteiger partial charge is 0.316 e. The second kappa shape index (κ2) is 4.16. The Balaban J connectivity index is 2.48. The molecule has 15 heavy (non-hydrogen) atoms. The van der Waals surface area contributed by atoms with E-state index in [0.717, 1.165) is 20.6 Å². The Hall–Kier alpha value is -1.13. The topological polar surface area (TPSA) is 35.0 Å². The van der Waals surface area contributed by atoms with Gasteiger partial charge in [-0.05, 0) is 25.1 Å². The highest BCUT2D eigenvalue weighted by molar-refractivity contribution is 7.19. The van der Waals surface area contributed by atoms with Gasteiger partial charge in [-0.2, -0.15) is 4.98 Å². The molecule has 0 N–H and O–H groups in total. The lowest BCUT2D eigenvalue weighted by Gasteiger charge is -2.02. The van der Waals surface area contributed by atoms with Crippen molar-refractivity contribution in [3.63, 3.8) is 0 Å². The van der Waals surface area contributed by atoms with E-state index in [2.05, 4.69) is 9.97 Å². The summed E-state index contributed by atoms with van der Waals surface area (Å²) < 4.78 is 5.76. The van der Waals surface area contributed by atoms with Crippen LogP contribution in [0.25, 0.3) is 10.6 Å². The number of aromatic nitrogens is 2.